The molecule has 0 aliphatic carbocycles. The van der Waals surface area contributed by atoms with Gasteiger partial charge in [-0.05, 0) is 30.9 Å². The molecule has 0 saturated carbocycles. The van der Waals surface area contributed by atoms with Crippen LogP contribution in [0.3, 0.4) is 0 Å². The smallest absolute Gasteiger partial charge is 0.240 e. The van der Waals surface area contributed by atoms with Crippen molar-refractivity contribution in [2.45, 2.75) is 38.0 Å². The molecule has 0 radical (unpaired) electrons. The SMILES string of the molecule is O=C1CCC(CCC(=O)N2CCC(c3ccccc3F)C2)=NN1. The molecule has 1 unspecified atom stereocenters. The van der Waals surface area contributed by atoms with Crippen LogP contribution in [0.4, 0.5) is 4.39 Å². The minimum atomic E-state index is -0.195. The van der Waals surface area contributed by atoms with Crippen LogP contribution in [0.5, 0.6) is 0 Å². The van der Waals surface area contributed by atoms with Crippen LogP contribution in [-0.4, -0.2) is 35.5 Å². The van der Waals surface area contributed by atoms with Gasteiger partial charge in [-0.3, -0.25) is 9.59 Å². The Morgan fingerprint density at radius 1 is 1.35 bits per heavy atom. The number of nitrogens with one attached hydrogen (secondary N) is 1. The third-order valence-corrected chi connectivity index (χ3v) is 4.49. The number of carbonyl (C=O) groups excluding carboxylic acids is 2. The monoisotopic (exact) mass is 317 g/mol. The van der Waals surface area contributed by atoms with Crippen molar-refractivity contribution in [2.24, 2.45) is 5.10 Å². The fourth-order valence-electron chi connectivity index (χ4n) is 3.15. The Morgan fingerprint density at radius 3 is 2.91 bits per heavy atom. The molecule has 1 N–H and O–H groups in total. The van der Waals surface area contributed by atoms with E-state index >= 15 is 0 Å². The number of likely N-dealkylation sites (tertiary alicyclic amines) is 1. The second-order valence-electron chi connectivity index (χ2n) is 6.06. The fraction of sp³-hybridized carbons (Fsp3) is 0.471. The molecule has 3 rings (SSSR count). The zero-order valence-corrected chi connectivity index (χ0v) is 12.9. The van der Waals surface area contributed by atoms with E-state index in [-0.39, 0.29) is 23.5 Å². The standard InChI is InChI=1S/C17H20FN3O2/c18-15-4-2-1-3-14(15)12-9-10-21(11-12)17(23)8-6-13-5-7-16(22)20-19-13/h1-4,12H,5-11H2,(H,20,22). The number of rotatable bonds is 4. The summed E-state index contributed by atoms with van der Waals surface area (Å²) in [5, 5.41) is 3.98. The zero-order chi connectivity index (χ0) is 16.2. The van der Waals surface area contributed by atoms with Gasteiger partial charge in [-0.2, -0.15) is 5.10 Å². The van der Waals surface area contributed by atoms with Gasteiger partial charge < -0.3 is 4.90 Å². The summed E-state index contributed by atoms with van der Waals surface area (Å²) in [6, 6.07) is 6.78. The van der Waals surface area contributed by atoms with E-state index in [2.05, 4.69) is 10.5 Å². The summed E-state index contributed by atoms with van der Waals surface area (Å²) < 4.78 is 13.8. The lowest BCUT2D eigenvalue weighted by Crippen LogP contribution is -2.30. The van der Waals surface area contributed by atoms with E-state index in [1.807, 2.05) is 6.07 Å². The van der Waals surface area contributed by atoms with Gasteiger partial charge in [0.15, 0.2) is 0 Å². The number of amides is 2. The first kappa shape index (κ1) is 15.6. The van der Waals surface area contributed by atoms with E-state index in [9.17, 15) is 14.0 Å². The Labute approximate surface area is 134 Å². The highest BCUT2D eigenvalue weighted by atomic mass is 19.1. The van der Waals surface area contributed by atoms with Crippen LogP contribution in [0.25, 0.3) is 0 Å². The minimum Gasteiger partial charge on any atom is -0.342 e. The number of nitrogens with zero attached hydrogens (tertiary/aromatic N) is 2. The summed E-state index contributed by atoms with van der Waals surface area (Å²) >= 11 is 0. The van der Waals surface area contributed by atoms with Crippen molar-refractivity contribution in [3.05, 3.63) is 35.6 Å². The van der Waals surface area contributed by atoms with Crippen LogP contribution >= 0.6 is 0 Å². The molecule has 2 aliphatic heterocycles. The van der Waals surface area contributed by atoms with E-state index in [4.69, 9.17) is 0 Å². The molecule has 5 nitrogen and oxygen atoms in total. The Bertz CT molecular complexity index is 644. The van der Waals surface area contributed by atoms with Crippen LogP contribution in [0.2, 0.25) is 0 Å². The molecular weight excluding hydrogens is 297 g/mol. The highest BCUT2D eigenvalue weighted by Crippen LogP contribution is 2.29. The van der Waals surface area contributed by atoms with Crippen LogP contribution in [0.1, 0.15) is 43.6 Å². The van der Waals surface area contributed by atoms with Crippen molar-refractivity contribution in [1.29, 1.82) is 0 Å². The first-order valence-corrected chi connectivity index (χ1v) is 8.00. The normalized spacial score (nSPS) is 21.1. The number of hydrazone groups is 1. The number of hydrogen-bond acceptors (Lipinski definition) is 3. The van der Waals surface area contributed by atoms with E-state index in [0.29, 0.717) is 44.3 Å². The van der Waals surface area contributed by atoms with E-state index in [1.165, 1.54) is 6.07 Å². The highest BCUT2D eigenvalue weighted by Gasteiger charge is 2.28. The Kier molecular flexibility index (Phi) is 4.69. The molecule has 1 aromatic rings. The minimum absolute atomic E-state index is 0.0726. The van der Waals surface area contributed by atoms with Crippen molar-refractivity contribution >= 4 is 17.5 Å². The van der Waals surface area contributed by atoms with Crippen molar-refractivity contribution in [3.63, 3.8) is 0 Å². The van der Waals surface area contributed by atoms with Crippen LogP contribution < -0.4 is 5.43 Å². The fourth-order valence-corrected chi connectivity index (χ4v) is 3.15. The molecule has 1 atom stereocenters. The molecule has 2 amide bonds. The summed E-state index contributed by atoms with van der Waals surface area (Å²) in [6.07, 6.45) is 2.81. The topological polar surface area (TPSA) is 61.8 Å². The van der Waals surface area contributed by atoms with Crippen LogP contribution in [0, 0.1) is 5.82 Å². The first-order valence-electron chi connectivity index (χ1n) is 8.00. The predicted octanol–water partition coefficient (Wildman–Crippen LogP) is 2.19. The van der Waals surface area contributed by atoms with E-state index < -0.39 is 0 Å². The van der Waals surface area contributed by atoms with Gasteiger partial charge in [-0.25, -0.2) is 9.82 Å². The lowest BCUT2D eigenvalue weighted by Gasteiger charge is -2.18. The lowest BCUT2D eigenvalue weighted by molar-refractivity contribution is -0.130. The van der Waals surface area contributed by atoms with Gasteiger partial charge in [-0.1, -0.05) is 18.2 Å². The maximum absolute atomic E-state index is 13.8. The first-order chi connectivity index (χ1) is 11.1. The quantitative estimate of drug-likeness (QED) is 0.925. The number of carbonyl (C=O) groups is 2. The summed E-state index contributed by atoms with van der Waals surface area (Å²) in [4.78, 5) is 25.1. The lowest BCUT2D eigenvalue weighted by atomic mass is 9.98. The molecule has 6 heteroatoms. The highest BCUT2D eigenvalue weighted by molar-refractivity contribution is 5.94. The molecule has 0 spiro atoms. The van der Waals surface area contributed by atoms with Crippen LogP contribution in [0.15, 0.2) is 29.4 Å². The molecule has 1 aromatic carbocycles. The molecule has 2 heterocycles. The van der Waals surface area contributed by atoms with Crippen LogP contribution in [-0.2, 0) is 9.59 Å². The molecule has 1 fully saturated rings. The molecule has 23 heavy (non-hydrogen) atoms. The maximum Gasteiger partial charge on any atom is 0.240 e. The predicted molar refractivity (Wildman–Crippen MR) is 84.4 cm³/mol. The zero-order valence-electron chi connectivity index (χ0n) is 12.9. The summed E-state index contributed by atoms with van der Waals surface area (Å²) in [5.74, 6) is -0.124. The second kappa shape index (κ2) is 6.89. The van der Waals surface area contributed by atoms with Gasteiger partial charge in [0.2, 0.25) is 11.8 Å². The number of halogens is 1. The summed E-state index contributed by atoms with van der Waals surface area (Å²) in [7, 11) is 0. The Balaban J connectivity index is 1.52. The van der Waals surface area contributed by atoms with Gasteiger partial charge in [0.05, 0.1) is 0 Å². The van der Waals surface area contributed by atoms with Crippen molar-refractivity contribution in [2.75, 3.05) is 13.1 Å². The summed E-state index contributed by atoms with van der Waals surface area (Å²) in [6.45, 7) is 1.24. The van der Waals surface area contributed by atoms with E-state index in [1.54, 1.807) is 17.0 Å². The number of benzene rings is 1. The van der Waals surface area contributed by atoms with Gasteiger partial charge in [0, 0.05) is 37.6 Å². The molecule has 0 aromatic heterocycles. The molecule has 0 bridgehead atoms. The van der Waals surface area contributed by atoms with Gasteiger partial charge >= 0.3 is 0 Å². The van der Waals surface area contributed by atoms with Crippen molar-refractivity contribution in [1.82, 2.24) is 10.3 Å². The van der Waals surface area contributed by atoms with Crippen molar-refractivity contribution < 1.29 is 14.0 Å². The Hall–Kier alpha value is -2.24. The average molecular weight is 317 g/mol. The van der Waals surface area contributed by atoms with Gasteiger partial charge in [-0.15, -0.1) is 0 Å². The van der Waals surface area contributed by atoms with Crippen molar-refractivity contribution in [3.8, 4) is 0 Å². The maximum atomic E-state index is 13.8. The Morgan fingerprint density at radius 2 is 2.17 bits per heavy atom. The summed E-state index contributed by atoms with van der Waals surface area (Å²) in [5.41, 5.74) is 4.00. The molecule has 1 saturated heterocycles. The largest absolute Gasteiger partial charge is 0.342 e. The number of hydrogen-bond donors (Lipinski definition) is 1. The molecular formula is C17H20FN3O2. The second-order valence-corrected chi connectivity index (χ2v) is 6.06. The molecule has 2 aliphatic rings. The third-order valence-electron chi connectivity index (χ3n) is 4.49. The average Bonchev–Trinajstić information content (AvgIpc) is 3.04. The molecule has 122 valence electrons. The third kappa shape index (κ3) is 3.75. The van der Waals surface area contributed by atoms with E-state index in [0.717, 1.165) is 12.1 Å². The van der Waals surface area contributed by atoms with Gasteiger partial charge in [0.1, 0.15) is 5.82 Å². The van der Waals surface area contributed by atoms with Gasteiger partial charge in [0.25, 0.3) is 0 Å².